The van der Waals surface area contributed by atoms with E-state index in [1.165, 1.54) is 43.1 Å². The van der Waals surface area contributed by atoms with Gasteiger partial charge < -0.3 is 10.6 Å². The number of hydrogen-bond donors (Lipinski definition) is 2. The number of hydrogen-bond acceptors (Lipinski definition) is 5. The van der Waals surface area contributed by atoms with Crippen LogP contribution in [0.25, 0.3) is 0 Å². The molecule has 0 aromatic rings. The van der Waals surface area contributed by atoms with Gasteiger partial charge in [0.2, 0.25) is 0 Å². The van der Waals surface area contributed by atoms with Gasteiger partial charge in [0.1, 0.15) is 0 Å². The lowest BCUT2D eigenvalue weighted by atomic mass is 9.89. The van der Waals surface area contributed by atoms with Gasteiger partial charge in [0.05, 0.1) is 18.2 Å². The number of amidine groups is 2. The predicted molar refractivity (Wildman–Crippen MR) is 134 cm³/mol. The maximum atomic E-state index is 4.44. The second-order valence-corrected chi connectivity index (χ2v) is 12.1. The van der Waals surface area contributed by atoms with Crippen LogP contribution in [0.15, 0.2) is 15.0 Å². The molecule has 0 aliphatic carbocycles. The van der Waals surface area contributed by atoms with Gasteiger partial charge in [0.15, 0.2) is 0 Å². The van der Waals surface area contributed by atoms with Crippen molar-refractivity contribution in [3.63, 3.8) is 0 Å². The summed E-state index contributed by atoms with van der Waals surface area (Å²) in [6.45, 7) is 24.1. The lowest BCUT2D eigenvalue weighted by molar-refractivity contribution is 0.430. The Balaban J connectivity index is 0.000000225. The Bertz CT molecular complexity index is 509. The summed E-state index contributed by atoms with van der Waals surface area (Å²) in [6.07, 6.45) is 7.15. The standard InChI is InChI=1S/C9H17N.2C8H16N2/c1-9(2,3)7-8-5-4-6-10-8;1-8(2,3)6-7-9-4-5-10-7;1-8(2,3)10-7-5-4-6-9-7/h4-7H2,1-3H3;2*4-6H2,1-3H3,(H,9,10). The summed E-state index contributed by atoms with van der Waals surface area (Å²) < 4.78 is 0. The van der Waals surface area contributed by atoms with Gasteiger partial charge in [-0.2, -0.15) is 0 Å². The molecular formula is C25H49N5. The van der Waals surface area contributed by atoms with E-state index in [0.717, 1.165) is 39.0 Å². The average molecular weight is 420 g/mol. The molecule has 0 fully saturated rings. The van der Waals surface area contributed by atoms with E-state index in [-0.39, 0.29) is 5.54 Å². The van der Waals surface area contributed by atoms with Crippen molar-refractivity contribution in [3.8, 4) is 0 Å². The fourth-order valence-corrected chi connectivity index (χ4v) is 3.50. The zero-order valence-corrected chi connectivity index (χ0v) is 21.4. The summed E-state index contributed by atoms with van der Waals surface area (Å²) in [4.78, 5) is 13.1. The zero-order chi connectivity index (χ0) is 22.8. The maximum absolute atomic E-state index is 4.44. The van der Waals surface area contributed by atoms with Gasteiger partial charge in [-0.05, 0) is 57.3 Å². The Hall–Kier alpha value is -1.39. The monoisotopic (exact) mass is 419 g/mol. The summed E-state index contributed by atoms with van der Waals surface area (Å²) in [6, 6.07) is 0. The molecule has 0 unspecified atom stereocenters. The van der Waals surface area contributed by atoms with E-state index >= 15 is 0 Å². The van der Waals surface area contributed by atoms with E-state index in [0.29, 0.717) is 10.8 Å². The van der Waals surface area contributed by atoms with Crippen LogP contribution in [-0.4, -0.2) is 49.1 Å². The molecule has 0 saturated carbocycles. The summed E-state index contributed by atoms with van der Waals surface area (Å²) in [5, 5.41) is 6.63. The number of aliphatic imine (C=N–C) groups is 3. The molecule has 0 aromatic heterocycles. The molecule has 5 nitrogen and oxygen atoms in total. The minimum Gasteiger partial charge on any atom is -0.372 e. The average Bonchev–Trinajstić information content (AvgIpc) is 3.27. The van der Waals surface area contributed by atoms with Crippen molar-refractivity contribution < 1.29 is 0 Å². The van der Waals surface area contributed by atoms with Gasteiger partial charge in [0, 0.05) is 43.7 Å². The van der Waals surface area contributed by atoms with Crippen LogP contribution >= 0.6 is 0 Å². The number of rotatable bonds is 2. The Morgan fingerprint density at radius 2 is 1.33 bits per heavy atom. The third kappa shape index (κ3) is 14.6. The highest BCUT2D eigenvalue weighted by molar-refractivity contribution is 5.86. The largest absolute Gasteiger partial charge is 0.372 e. The van der Waals surface area contributed by atoms with Crippen LogP contribution < -0.4 is 10.6 Å². The smallest absolute Gasteiger partial charge is 0.0969 e. The summed E-state index contributed by atoms with van der Waals surface area (Å²) >= 11 is 0. The number of nitrogens with zero attached hydrogens (tertiary/aromatic N) is 3. The first kappa shape index (κ1) is 26.6. The molecule has 3 rings (SSSR count). The van der Waals surface area contributed by atoms with Crippen molar-refractivity contribution in [2.24, 2.45) is 25.8 Å². The predicted octanol–water partition coefficient (Wildman–Crippen LogP) is 5.65. The first-order valence-electron chi connectivity index (χ1n) is 11.8. The summed E-state index contributed by atoms with van der Waals surface area (Å²) in [5.41, 5.74) is 2.43. The van der Waals surface area contributed by atoms with Gasteiger partial charge in [-0.1, -0.05) is 41.5 Å². The van der Waals surface area contributed by atoms with Crippen LogP contribution in [-0.2, 0) is 0 Å². The normalized spacial score (nSPS) is 18.9. The molecule has 174 valence electrons. The van der Waals surface area contributed by atoms with Crippen LogP contribution in [0, 0.1) is 10.8 Å². The molecule has 0 bridgehead atoms. The van der Waals surface area contributed by atoms with Crippen LogP contribution in [0.4, 0.5) is 0 Å². The van der Waals surface area contributed by atoms with Crippen LogP contribution in [0.1, 0.15) is 101 Å². The van der Waals surface area contributed by atoms with Crippen molar-refractivity contribution in [2.75, 3.05) is 26.2 Å². The number of nitrogens with one attached hydrogen (secondary N) is 2. The zero-order valence-electron chi connectivity index (χ0n) is 21.4. The van der Waals surface area contributed by atoms with Gasteiger partial charge >= 0.3 is 0 Å². The van der Waals surface area contributed by atoms with Crippen molar-refractivity contribution in [3.05, 3.63) is 0 Å². The van der Waals surface area contributed by atoms with Crippen LogP contribution in [0.2, 0.25) is 0 Å². The first-order chi connectivity index (χ1) is 13.7. The summed E-state index contributed by atoms with van der Waals surface area (Å²) in [5.74, 6) is 2.38. The van der Waals surface area contributed by atoms with Crippen LogP contribution in [0.5, 0.6) is 0 Å². The highest BCUT2D eigenvalue weighted by Gasteiger charge is 2.17. The van der Waals surface area contributed by atoms with E-state index in [1.54, 1.807) is 0 Å². The molecule has 0 radical (unpaired) electrons. The van der Waals surface area contributed by atoms with E-state index < -0.39 is 0 Å². The Kier molecular flexibility index (Phi) is 10.5. The molecule has 0 aromatic carbocycles. The molecule has 2 N–H and O–H groups in total. The second kappa shape index (κ2) is 11.9. The lowest BCUT2D eigenvalue weighted by Crippen LogP contribution is -2.39. The molecule has 0 saturated heterocycles. The topological polar surface area (TPSA) is 61.1 Å². The highest BCUT2D eigenvalue weighted by Crippen LogP contribution is 2.22. The molecule has 0 amide bonds. The lowest BCUT2D eigenvalue weighted by Gasteiger charge is -2.21. The fraction of sp³-hybridized carbons (Fsp3) is 0.880. The molecule has 0 atom stereocenters. The third-order valence-electron chi connectivity index (χ3n) is 4.53. The van der Waals surface area contributed by atoms with Crippen molar-refractivity contribution in [2.45, 2.75) is 106 Å². The van der Waals surface area contributed by atoms with Crippen molar-refractivity contribution in [1.82, 2.24) is 10.6 Å². The molecule has 3 aliphatic heterocycles. The minimum absolute atomic E-state index is 0.184. The Morgan fingerprint density at radius 3 is 1.73 bits per heavy atom. The molecule has 3 aliphatic rings. The maximum Gasteiger partial charge on any atom is 0.0969 e. The highest BCUT2D eigenvalue weighted by atomic mass is 15.1. The van der Waals surface area contributed by atoms with E-state index in [1.807, 2.05) is 0 Å². The summed E-state index contributed by atoms with van der Waals surface area (Å²) in [7, 11) is 0. The minimum atomic E-state index is 0.184. The van der Waals surface area contributed by atoms with Gasteiger partial charge in [0.25, 0.3) is 0 Å². The van der Waals surface area contributed by atoms with Crippen LogP contribution in [0.3, 0.4) is 0 Å². The Labute approximate surface area is 186 Å². The molecule has 5 heteroatoms. The molecule has 30 heavy (non-hydrogen) atoms. The van der Waals surface area contributed by atoms with E-state index in [4.69, 9.17) is 0 Å². The third-order valence-corrected chi connectivity index (χ3v) is 4.53. The van der Waals surface area contributed by atoms with Crippen molar-refractivity contribution in [1.29, 1.82) is 0 Å². The molecular weight excluding hydrogens is 370 g/mol. The Morgan fingerprint density at radius 1 is 0.733 bits per heavy atom. The van der Waals surface area contributed by atoms with E-state index in [2.05, 4.69) is 87.9 Å². The van der Waals surface area contributed by atoms with Gasteiger partial charge in [-0.25, -0.2) is 0 Å². The quantitative estimate of drug-likeness (QED) is 0.607. The van der Waals surface area contributed by atoms with Gasteiger partial charge in [-0.3, -0.25) is 15.0 Å². The van der Waals surface area contributed by atoms with E-state index in [9.17, 15) is 0 Å². The fourth-order valence-electron chi connectivity index (χ4n) is 3.50. The second-order valence-electron chi connectivity index (χ2n) is 12.1. The molecule has 0 spiro atoms. The first-order valence-corrected chi connectivity index (χ1v) is 11.8. The SMILES string of the molecule is CC(C)(C)CC1=NCCC1.CC(C)(C)CC1=NCCN1.CC(C)(C)NC1=NCCC1. The van der Waals surface area contributed by atoms with Gasteiger partial charge in [-0.15, -0.1) is 0 Å². The van der Waals surface area contributed by atoms with Crippen molar-refractivity contribution >= 4 is 17.4 Å². The molecule has 3 heterocycles.